The van der Waals surface area contributed by atoms with Gasteiger partial charge in [0.1, 0.15) is 39.4 Å². The SMILES string of the molecule is CO[C@@]1(c2ccc(-c3ccccc3)cc2)C[C@H]2C(=O)N[C@]3(C(=O)O)C[C@H]3C=CCCCN(S(=O)(=O)c3ccccc3N=NN=NN=NN=NN=NN=NN=NN=NN=NN=N)C[C@H](NC(=O)OC(C)(C)C)C(=O)N2C1. The summed E-state index contributed by atoms with van der Waals surface area (Å²) in [6, 6.07) is 19.4. The van der Waals surface area contributed by atoms with Gasteiger partial charge in [-0.25, -0.2) is 18.0 Å². The number of benzene rings is 3. The number of sulfonamides is 1. The molecule has 34 heteroatoms. The van der Waals surface area contributed by atoms with Crippen LogP contribution in [0.3, 0.4) is 0 Å². The Morgan fingerprint density at radius 3 is 1.91 bits per heavy atom. The molecular formula is C41H48N24O9S. The van der Waals surface area contributed by atoms with Gasteiger partial charge in [-0.15, -0.1) is 5.11 Å². The minimum atomic E-state index is -4.66. The first kappa shape index (κ1) is 55.3. The van der Waals surface area contributed by atoms with Gasteiger partial charge in [-0.3, -0.25) is 9.59 Å². The van der Waals surface area contributed by atoms with Crippen molar-refractivity contribution in [2.75, 3.05) is 26.7 Å². The second-order valence-electron chi connectivity index (χ2n) is 17.2. The van der Waals surface area contributed by atoms with Crippen LogP contribution >= 0.6 is 0 Å². The normalized spacial score (nSPS) is 23.5. The molecule has 75 heavy (non-hydrogen) atoms. The van der Waals surface area contributed by atoms with Crippen molar-refractivity contribution < 1.29 is 42.2 Å². The minimum Gasteiger partial charge on any atom is -0.479 e. The summed E-state index contributed by atoms with van der Waals surface area (Å²) in [7, 11) is -3.23. The Morgan fingerprint density at radius 1 is 0.773 bits per heavy atom. The topological polar surface area (TPSA) is 430 Å². The smallest absolute Gasteiger partial charge is 0.408 e. The summed E-state index contributed by atoms with van der Waals surface area (Å²) in [4.78, 5) is 57.2. The highest BCUT2D eigenvalue weighted by Crippen LogP contribution is 2.47. The van der Waals surface area contributed by atoms with Crippen molar-refractivity contribution in [2.45, 2.75) is 80.2 Å². The van der Waals surface area contributed by atoms with Crippen molar-refractivity contribution in [3.8, 4) is 11.1 Å². The molecule has 4 N–H and O–H groups in total. The molecule has 2 fully saturated rings. The number of carboxylic acids is 1. The van der Waals surface area contributed by atoms with Gasteiger partial charge in [-0.2, -0.15) is 9.84 Å². The van der Waals surface area contributed by atoms with Crippen LogP contribution in [-0.4, -0.2) is 96.6 Å². The van der Waals surface area contributed by atoms with Gasteiger partial charge >= 0.3 is 12.1 Å². The summed E-state index contributed by atoms with van der Waals surface area (Å²) < 4.78 is 42.6. The van der Waals surface area contributed by atoms with Crippen LogP contribution in [0.1, 0.15) is 52.0 Å². The summed E-state index contributed by atoms with van der Waals surface area (Å²) in [5, 5.41) is 75.0. The average molecular weight is 1050 g/mol. The number of nitrogens with zero attached hydrogens (tertiary/aromatic N) is 21. The first-order chi connectivity index (χ1) is 36.0. The number of carboxylic acid groups (broad SMARTS) is 1. The van der Waals surface area contributed by atoms with Gasteiger partial charge < -0.3 is 30.1 Å². The number of hydrogen-bond donors (Lipinski definition) is 4. The molecule has 3 aromatic rings. The van der Waals surface area contributed by atoms with E-state index in [0.29, 0.717) is 5.56 Å². The van der Waals surface area contributed by atoms with Crippen LogP contribution in [-0.2, 0) is 39.5 Å². The van der Waals surface area contributed by atoms with Gasteiger partial charge in [0.25, 0.3) is 0 Å². The monoisotopic (exact) mass is 1050 g/mol. The lowest BCUT2D eigenvalue weighted by Crippen LogP contribution is -2.59. The first-order valence-corrected chi connectivity index (χ1v) is 23.8. The van der Waals surface area contributed by atoms with Crippen LogP contribution in [0.2, 0.25) is 0 Å². The maximum atomic E-state index is 15.3. The molecule has 392 valence electrons. The molecule has 2 heterocycles. The Balaban J connectivity index is 1.29. The van der Waals surface area contributed by atoms with Crippen molar-refractivity contribution in [2.24, 2.45) is 105 Å². The summed E-state index contributed by atoms with van der Waals surface area (Å²) in [6.07, 6.45) is 2.65. The molecule has 0 radical (unpaired) electrons. The molecule has 33 nitrogen and oxygen atoms in total. The third-order valence-corrected chi connectivity index (χ3v) is 13.3. The molecule has 5 atom stereocenters. The van der Waals surface area contributed by atoms with Crippen molar-refractivity contribution in [3.05, 3.63) is 96.6 Å². The Kier molecular flexibility index (Phi) is 18.8. The number of carbonyl (C=O) groups is 4. The predicted octanol–water partition coefficient (Wildman–Crippen LogP) is 8.66. The van der Waals surface area contributed by atoms with Crippen LogP contribution in [0.25, 0.3) is 11.1 Å². The number of aliphatic carboxylic acids is 1. The highest BCUT2D eigenvalue weighted by atomic mass is 32.2. The standard InChI is InChI=1S/C41H48N24O9S/c1-39(2,3)74-38(70)43-32-25-64(75(71,72)34-17-11-10-16-31(34)45-47-49-51-53-55-57-59-61-63-62-60-58-56-54-52-50-48-46-42)22-12-6-9-15-30-23-41(30,37(68)69)44-35(66)33-24-40(73-4,26-65(33)36(32)67)29-20-18-28(19-21-29)27-13-7-5-8-14-27/h5,7-11,13-21,30,32-33,42H,6,12,22-26H2,1-4H3,(H,43,70)(H,44,66)(H,68,69)/t30-,32+,33+,40+,41-/m1/s1. The van der Waals surface area contributed by atoms with Crippen LogP contribution in [0.5, 0.6) is 0 Å². The average Bonchev–Trinajstić information content (AvgIpc) is 3.94. The van der Waals surface area contributed by atoms with Crippen molar-refractivity contribution in [3.63, 3.8) is 0 Å². The van der Waals surface area contributed by atoms with E-state index in [1.807, 2.05) is 54.6 Å². The molecule has 6 rings (SSSR count). The number of ether oxygens (including phenoxy) is 2. The zero-order valence-corrected chi connectivity index (χ0v) is 41.2. The number of nitrogens with one attached hydrogen (secondary N) is 3. The van der Waals surface area contributed by atoms with Gasteiger partial charge in [0.15, 0.2) is 0 Å². The van der Waals surface area contributed by atoms with E-state index in [9.17, 15) is 27.9 Å². The highest BCUT2D eigenvalue weighted by molar-refractivity contribution is 7.89. The molecule has 2 aliphatic heterocycles. The Morgan fingerprint density at radius 2 is 1.33 bits per heavy atom. The molecule has 3 aromatic carbocycles. The van der Waals surface area contributed by atoms with Crippen LogP contribution in [0, 0.1) is 11.4 Å². The van der Waals surface area contributed by atoms with Crippen molar-refractivity contribution >= 4 is 39.6 Å². The predicted molar refractivity (Wildman–Crippen MR) is 253 cm³/mol. The number of rotatable bonds is 17. The number of carbonyl (C=O) groups excluding carboxylic acids is 3. The van der Waals surface area contributed by atoms with Gasteiger partial charge in [0.2, 0.25) is 21.8 Å². The van der Waals surface area contributed by atoms with E-state index in [1.54, 1.807) is 32.9 Å². The zero-order chi connectivity index (χ0) is 53.9. The minimum absolute atomic E-state index is 0.0697. The van der Waals surface area contributed by atoms with Gasteiger partial charge in [0.05, 0.1) is 6.54 Å². The van der Waals surface area contributed by atoms with Crippen molar-refractivity contribution in [1.82, 2.24) is 19.8 Å². The number of fused-ring (bicyclic) bond motifs is 2. The Labute approximate surface area is 425 Å². The van der Waals surface area contributed by atoms with E-state index in [1.165, 1.54) is 36.3 Å². The van der Waals surface area contributed by atoms with E-state index in [4.69, 9.17) is 15.0 Å². The van der Waals surface area contributed by atoms with E-state index >= 15 is 4.79 Å². The van der Waals surface area contributed by atoms with E-state index in [0.717, 1.165) is 15.4 Å². The Bertz CT molecular complexity index is 2960. The molecule has 3 aliphatic rings. The maximum Gasteiger partial charge on any atom is 0.408 e. The molecule has 1 saturated heterocycles. The fourth-order valence-corrected chi connectivity index (χ4v) is 9.54. The summed E-state index contributed by atoms with van der Waals surface area (Å²) in [6.45, 7) is 3.64. The second kappa shape index (κ2) is 25.6. The fourth-order valence-electron chi connectivity index (χ4n) is 7.92. The lowest BCUT2D eigenvalue weighted by atomic mass is 9.89. The number of hydrogen-bond acceptors (Lipinski definition) is 10. The molecule has 1 saturated carbocycles. The maximum absolute atomic E-state index is 15.3. The zero-order valence-electron chi connectivity index (χ0n) is 40.4. The second-order valence-corrected chi connectivity index (χ2v) is 19.1. The number of methoxy groups -OCH3 is 1. The number of amides is 3. The fraction of sp³-hybridized carbons (Fsp3) is 0.415. The molecule has 0 unspecified atom stereocenters. The van der Waals surface area contributed by atoms with Crippen LogP contribution < -0.4 is 10.6 Å². The lowest BCUT2D eigenvalue weighted by molar-refractivity contribution is -0.145. The third-order valence-electron chi connectivity index (χ3n) is 11.4. The van der Waals surface area contributed by atoms with Crippen LogP contribution in [0.15, 0.2) is 195 Å². The van der Waals surface area contributed by atoms with Gasteiger partial charge in [0, 0.05) is 43.0 Å². The summed E-state index contributed by atoms with van der Waals surface area (Å²) in [5.74, 6) is -3.54. The highest BCUT2D eigenvalue weighted by Gasteiger charge is 2.62. The molecule has 1 aliphatic carbocycles. The summed E-state index contributed by atoms with van der Waals surface area (Å²) >= 11 is 0. The number of allylic oxidation sites excluding steroid dienone is 1. The number of alkyl carbamates (subject to hydrolysis) is 1. The first-order valence-electron chi connectivity index (χ1n) is 22.3. The summed E-state index contributed by atoms with van der Waals surface area (Å²) in [5.41, 5.74) is 4.51. The molecular weight excluding hydrogens is 1000 g/mol. The molecule has 0 bridgehead atoms. The van der Waals surface area contributed by atoms with E-state index in [2.05, 4.69) is 110 Å². The molecule has 0 spiro atoms. The molecule has 0 aromatic heterocycles. The van der Waals surface area contributed by atoms with Crippen molar-refractivity contribution in [1.29, 1.82) is 5.53 Å². The van der Waals surface area contributed by atoms with E-state index in [-0.39, 0.29) is 49.4 Å². The largest absolute Gasteiger partial charge is 0.479 e. The molecule has 3 amide bonds. The van der Waals surface area contributed by atoms with E-state index < -0.39 is 75.2 Å². The lowest BCUT2D eigenvalue weighted by Gasteiger charge is -2.33. The third kappa shape index (κ3) is 14.8. The van der Waals surface area contributed by atoms with Crippen LogP contribution in [0.4, 0.5) is 10.5 Å². The Hall–Kier alpha value is -9.05. The van der Waals surface area contributed by atoms with Gasteiger partial charge in [-0.05, 0) is 152 Å². The van der Waals surface area contributed by atoms with Gasteiger partial charge in [-0.1, -0.05) is 78.9 Å². The quantitative estimate of drug-likeness (QED) is 0.0570.